The molecule has 1 aliphatic rings. The first kappa shape index (κ1) is 14.4. The molecule has 0 bridgehead atoms. The number of halogens is 1. The van der Waals surface area contributed by atoms with Crippen LogP contribution in [0.2, 0.25) is 0 Å². The van der Waals surface area contributed by atoms with E-state index in [9.17, 15) is 19.3 Å². The highest BCUT2D eigenvalue weighted by Crippen LogP contribution is 2.27. The van der Waals surface area contributed by atoms with Crippen LogP contribution < -0.4 is 10.6 Å². The summed E-state index contributed by atoms with van der Waals surface area (Å²) in [5.41, 5.74) is -0.884. The van der Waals surface area contributed by atoms with Gasteiger partial charge in [0.2, 0.25) is 5.91 Å². The molecule has 108 valence electrons. The molecule has 1 fully saturated rings. The Morgan fingerprint density at radius 1 is 1.60 bits per heavy atom. The van der Waals surface area contributed by atoms with E-state index in [1.165, 1.54) is 13.2 Å². The van der Waals surface area contributed by atoms with E-state index in [0.717, 1.165) is 12.1 Å². The number of carbonyl (C=O) groups excluding carboxylic acids is 1. The number of ether oxygens (including phenoxy) is 1. The van der Waals surface area contributed by atoms with E-state index in [4.69, 9.17) is 4.74 Å². The minimum absolute atomic E-state index is 0.0960. The number of para-hydroxylation sites is 1. The minimum Gasteiger partial charge on any atom is -0.380 e. The second kappa shape index (κ2) is 5.93. The minimum atomic E-state index is -0.839. The molecule has 2 atom stereocenters. The van der Waals surface area contributed by atoms with Gasteiger partial charge in [0.15, 0.2) is 11.5 Å². The molecule has 0 saturated carbocycles. The topological polar surface area (TPSA) is 93.5 Å². The van der Waals surface area contributed by atoms with Crippen molar-refractivity contribution in [2.24, 2.45) is 0 Å². The molecule has 0 aromatic heterocycles. The van der Waals surface area contributed by atoms with Crippen LogP contribution in [0.15, 0.2) is 18.2 Å². The van der Waals surface area contributed by atoms with Gasteiger partial charge in [0.25, 0.3) is 5.69 Å². The molecular formula is C12H14FN3O4. The molecule has 1 aromatic rings. The van der Waals surface area contributed by atoms with Gasteiger partial charge in [-0.15, -0.1) is 0 Å². The first-order chi connectivity index (χ1) is 9.52. The van der Waals surface area contributed by atoms with Gasteiger partial charge in [0.05, 0.1) is 17.1 Å². The fraction of sp³-hybridized carbons (Fsp3) is 0.417. The van der Waals surface area contributed by atoms with Gasteiger partial charge < -0.3 is 15.4 Å². The highest BCUT2D eigenvalue weighted by Gasteiger charge is 2.31. The fourth-order valence-corrected chi connectivity index (χ4v) is 2.08. The van der Waals surface area contributed by atoms with Crippen molar-refractivity contribution in [2.45, 2.75) is 18.6 Å². The second-order valence-corrected chi connectivity index (χ2v) is 4.43. The molecule has 2 unspecified atom stereocenters. The summed E-state index contributed by atoms with van der Waals surface area (Å²) >= 11 is 0. The van der Waals surface area contributed by atoms with E-state index in [0.29, 0.717) is 13.0 Å². The van der Waals surface area contributed by atoms with Gasteiger partial charge >= 0.3 is 0 Å². The molecule has 8 heteroatoms. The number of rotatable bonds is 4. The highest BCUT2D eigenvalue weighted by molar-refractivity contribution is 5.97. The number of nitro groups is 1. The first-order valence-corrected chi connectivity index (χ1v) is 6.03. The van der Waals surface area contributed by atoms with Crippen molar-refractivity contribution in [3.05, 3.63) is 34.1 Å². The van der Waals surface area contributed by atoms with Gasteiger partial charge in [-0.05, 0) is 12.5 Å². The molecule has 1 saturated heterocycles. The van der Waals surface area contributed by atoms with E-state index in [1.54, 1.807) is 0 Å². The maximum Gasteiger partial charge on any atom is 0.295 e. The Balaban J connectivity index is 2.14. The second-order valence-electron chi connectivity index (χ2n) is 4.43. The predicted molar refractivity (Wildman–Crippen MR) is 68.9 cm³/mol. The molecule has 0 radical (unpaired) electrons. The Morgan fingerprint density at radius 3 is 2.95 bits per heavy atom. The number of hydrogen-bond donors (Lipinski definition) is 2. The van der Waals surface area contributed by atoms with E-state index in [-0.39, 0.29) is 6.10 Å². The first-order valence-electron chi connectivity index (χ1n) is 6.03. The summed E-state index contributed by atoms with van der Waals surface area (Å²) in [5, 5.41) is 16.0. The van der Waals surface area contributed by atoms with Gasteiger partial charge in [-0.25, -0.2) is 4.39 Å². The predicted octanol–water partition coefficient (Wildman–Crippen LogP) is 1.05. The highest BCUT2D eigenvalue weighted by atomic mass is 19.1. The number of anilines is 1. The van der Waals surface area contributed by atoms with Crippen molar-refractivity contribution in [3.63, 3.8) is 0 Å². The third kappa shape index (κ3) is 2.91. The summed E-state index contributed by atoms with van der Waals surface area (Å²) in [7, 11) is 1.54. The molecular weight excluding hydrogens is 269 g/mol. The average molecular weight is 283 g/mol. The summed E-state index contributed by atoms with van der Waals surface area (Å²) < 4.78 is 18.7. The Bertz CT molecular complexity index is 537. The third-order valence-corrected chi connectivity index (χ3v) is 3.18. The summed E-state index contributed by atoms with van der Waals surface area (Å²) in [6.07, 6.45) is 0.339. The Morgan fingerprint density at radius 2 is 2.35 bits per heavy atom. The summed E-state index contributed by atoms with van der Waals surface area (Å²) in [6.45, 7) is 0.508. The van der Waals surface area contributed by atoms with Gasteiger partial charge in [-0.3, -0.25) is 14.9 Å². The van der Waals surface area contributed by atoms with Crippen LogP contribution in [0.4, 0.5) is 15.8 Å². The lowest BCUT2D eigenvalue weighted by atomic mass is 10.2. The molecule has 1 amide bonds. The zero-order chi connectivity index (χ0) is 14.7. The molecule has 7 nitrogen and oxygen atoms in total. The van der Waals surface area contributed by atoms with Crippen molar-refractivity contribution >= 4 is 17.3 Å². The third-order valence-electron chi connectivity index (χ3n) is 3.18. The van der Waals surface area contributed by atoms with Crippen molar-refractivity contribution in [1.29, 1.82) is 0 Å². The number of amides is 1. The van der Waals surface area contributed by atoms with Crippen LogP contribution >= 0.6 is 0 Å². The lowest BCUT2D eigenvalue weighted by Gasteiger charge is -2.12. The van der Waals surface area contributed by atoms with Gasteiger partial charge in [0, 0.05) is 19.7 Å². The van der Waals surface area contributed by atoms with E-state index < -0.39 is 34.1 Å². The molecule has 1 aromatic carbocycles. The van der Waals surface area contributed by atoms with Crippen LogP contribution in [-0.2, 0) is 9.53 Å². The fourth-order valence-electron chi connectivity index (χ4n) is 2.08. The largest absolute Gasteiger partial charge is 0.380 e. The molecule has 0 aliphatic carbocycles. The van der Waals surface area contributed by atoms with Crippen molar-refractivity contribution in [1.82, 2.24) is 5.32 Å². The maximum absolute atomic E-state index is 13.6. The lowest BCUT2D eigenvalue weighted by Crippen LogP contribution is -2.35. The van der Waals surface area contributed by atoms with Crippen LogP contribution in [0.25, 0.3) is 0 Å². The van der Waals surface area contributed by atoms with Crippen LogP contribution in [0.1, 0.15) is 6.42 Å². The smallest absolute Gasteiger partial charge is 0.295 e. The molecule has 2 rings (SSSR count). The lowest BCUT2D eigenvalue weighted by molar-refractivity contribution is -0.384. The number of nitrogens with one attached hydrogen (secondary N) is 2. The SMILES string of the molecule is COC1CNC(C(=O)Nc2c(F)cccc2[N+](=O)[O-])C1. The van der Waals surface area contributed by atoms with Crippen LogP contribution in [0, 0.1) is 15.9 Å². The van der Waals surface area contributed by atoms with Crippen LogP contribution in [-0.4, -0.2) is 36.6 Å². The molecule has 2 N–H and O–H groups in total. The van der Waals surface area contributed by atoms with Crippen molar-refractivity contribution in [2.75, 3.05) is 19.0 Å². The van der Waals surface area contributed by atoms with E-state index in [1.807, 2.05) is 0 Å². The zero-order valence-electron chi connectivity index (χ0n) is 10.8. The van der Waals surface area contributed by atoms with Gasteiger partial charge in [0.1, 0.15) is 0 Å². The van der Waals surface area contributed by atoms with Crippen LogP contribution in [0.5, 0.6) is 0 Å². The summed E-state index contributed by atoms with van der Waals surface area (Å²) in [5.74, 6) is -1.36. The number of nitrogens with zero attached hydrogens (tertiary/aromatic N) is 1. The van der Waals surface area contributed by atoms with E-state index >= 15 is 0 Å². The molecule has 0 spiro atoms. The monoisotopic (exact) mass is 283 g/mol. The Hall–Kier alpha value is -2.06. The standard InChI is InChI=1S/C12H14FN3O4/c1-20-7-5-9(14-6-7)12(17)15-11-8(13)3-2-4-10(11)16(18)19/h2-4,7,9,14H,5-6H2,1H3,(H,15,17). The number of benzene rings is 1. The number of methoxy groups -OCH3 is 1. The quantitative estimate of drug-likeness (QED) is 0.636. The Kier molecular flexibility index (Phi) is 4.26. The van der Waals surface area contributed by atoms with Crippen molar-refractivity contribution in [3.8, 4) is 0 Å². The van der Waals surface area contributed by atoms with Crippen LogP contribution in [0.3, 0.4) is 0 Å². The van der Waals surface area contributed by atoms with Gasteiger partial charge in [-0.1, -0.05) is 6.07 Å². The summed E-state index contributed by atoms with van der Waals surface area (Å²) in [6, 6.07) is 2.86. The molecule has 1 heterocycles. The maximum atomic E-state index is 13.6. The number of hydrogen-bond acceptors (Lipinski definition) is 5. The number of nitro benzene ring substituents is 1. The molecule has 20 heavy (non-hydrogen) atoms. The molecule has 1 aliphatic heterocycles. The average Bonchev–Trinajstić information content (AvgIpc) is 2.89. The number of carbonyl (C=O) groups is 1. The normalized spacial score (nSPS) is 21.7. The Labute approximate surface area is 114 Å². The van der Waals surface area contributed by atoms with Crippen molar-refractivity contribution < 1.29 is 18.8 Å². The van der Waals surface area contributed by atoms with Gasteiger partial charge in [-0.2, -0.15) is 0 Å². The zero-order valence-corrected chi connectivity index (χ0v) is 10.8. The summed E-state index contributed by atoms with van der Waals surface area (Å²) in [4.78, 5) is 22.1. The van der Waals surface area contributed by atoms with E-state index in [2.05, 4.69) is 10.6 Å².